The van der Waals surface area contributed by atoms with Crippen molar-refractivity contribution in [3.63, 3.8) is 0 Å². The van der Waals surface area contributed by atoms with Gasteiger partial charge in [-0.05, 0) is 0 Å². The van der Waals surface area contributed by atoms with Gasteiger partial charge in [0.1, 0.15) is 24.7 Å². The van der Waals surface area contributed by atoms with Crippen molar-refractivity contribution in [2.75, 3.05) is 41.3 Å². The minimum absolute atomic E-state index is 0.0252. The maximum absolute atomic E-state index is 11.9. The number of amides is 4. The van der Waals surface area contributed by atoms with Gasteiger partial charge < -0.3 is 40.9 Å². The van der Waals surface area contributed by atoms with Crippen molar-refractivity contribution in [2.24, 2.45) is 9.98 Å². The number of aliphatic imine (C=N–C) groups is 2. The topological polar surface area (TPSA) is 120 Å². The lowest BCUT2D eigenvalue weighted by molar-refractivity contribution is 0.196. The lowest BCUT2D eigenvalue weighted by Gasteiger charge is -2.16. The van der Waals surface area contributed by atoms with Crippen LogP contribution in [0.4, 0.5) is 9.59 Å². The van der Waals surface area contributed by atoms with Crippen LogP contribution < -0.4 is 21.3 Å². The molecule has 4 N–H and O–H groups in total. The molecular formula is C14H24N10O2. The van der Waals surface area contributed by atoms with Gasteiger partial charge in [0.25, 0.3) is 0 Å². The predicted octanol–water partition coefficient (Wildman–Crippen LogP) is -2.62. The summed E-state index contributed by atoms with van der Waals surface area (Å²) in [6.45, 7) is 1.01. The minimum atomic E-state index is -0.112. The standard InChI is InChI=1S/C14H24N10O2/c1-21-7-8(22(2)13(21)25)18-11(17-7)15-5-6-16-12-19-9-10(20-12)24(4)14(26)23(9)3/h7-10H,5-6H2,1-4H3,(H2,15,17,18)(H2,16,19,20). The molecule has 0 spiro atoms. The first-order valence-corrected chi connectivity index (χ1v) is 8.53. The number of hydrogen-bond donors (Lipinski definition) is 4. The summed E-state index contributed by atoms with van der Waals surface area (Å²) < 4.78 is 0. The number of carbonyl (C=O) groups excluding carboxylic acids is 2. The lowest BCUT2D eigenvalue weighted by atomic mass is 10.4. The number of rotatable bonds is 3. The number of fused-ring (bicyclic) bond motifs is 2. The molecule has 26 heavy (non-hydrogen) atoms. The number of hydrogen-bond acceptors (Lipinski definition) is 4. The number of urea groups is 2. The highest BCUT2D eigenvalue weighted by molar-refractivity contribution is 5.88. The van der Waals surface area contributed by atoms with Gasteiger partial charge in [-0.2, -0.15) is 0 Å². The molecule has 0 aliphatic carbocycles. The van der Waals surface area contributed by atoms with Crippen LogP contribution in [0.1, 0.15) is 0 Å². The Kier molecular flexibility index (Phi) is 3.70. The molecule has 4 saturated heterocycles. The fourth-order valence-corrected chi connectivity index (χ4v) is 3.67. The molecule has 0 aromatic heterocycles. The number of likely N-dealkylation sites (N-methyl/N-ethyl adjacent to an activating group) is 4. The Bertz CT molecular complexity index is 591. The van der Waals surface area contributed by atoms with E-state index in [0.717, 1.165) is 0 Å². The number of guanidine groups is 2. The molecule has 0 bridgehead atoms. The molecule has 0 radical (unpaired) electrons. The summed E-state index contributed by atoms with van der Waals surface area (Å²) in [4.78, 5) is 39.3. The Morgan fingerprint density at radius 2 is 0.923 bits per heavy atom. The van der Waals surface area contributed by atoms with Crippen molar-refractivity contribution in [3.05, 3.63) is 0 Å². The molecule has 12 nitrogen and oxygen atoms in total. The highest BCUT2D eigenvalue weighted by Crippen LogP contribution is 2.20. The van der Waals surface area contributed by atoms with E-state index in [0.29, 0.717) is 25.0 Å². The van der Waals surface area contributed by atoms with E-state index < -0.39 is 0 Å². The van der Waals surface area contributed by atoms with Gasteiger partial charge in [0.2, 0.25) is 0 Å². The minimum Gasteiger partial charge on any atom is -0.333 e. The second-order valence-electron chi connectivity index (χ2n) is 6.83. The maximum atomic E-state index is 11.9. The third-order valence-electron chi connectivity index (χ3n) is 5.25. The third-order valence-corrected chi connectivity index (χ3v) is 5.25. The zero-order valence-electron chi connectivity index (χ0n) is 15.2. The van der Waals surface area contributed by atoms with Crippen LogP contribution in [-0.2, 0) is 0 Å². The molecule has 142 valence electrons. The first-order chi connectivity index (χ1) is 12.4. The molecule has 4 aliphatic heterocycles. The molecule has 4 heterocycles. The van der Waals surface area contributed by atoms with Crippen LogP contribution in [0.3, 0.4) is 0 Å². The molecule has 12 heteroatoms. The van der Waals surface area contributed by atoms with E-state index in [4.69, 9.17) is 0 Å². The Labute approximate surface area is 151 Å². The van der Waals surface area contributed by atoms with E-state index in [-0.39, 0.29) is 36.7 Å². The number of carbonyl (C=O) groups is 2. The van der Waals surface area contributed by atoms with E-state index in [1.54, 1.807) is 47.8 Å². The lowest BCUT2D eigenvalue weighted by Crippen LogP contribution is -2.41. The van der Waals surface area contributed by atoms with E-state index in [1.807, 2.05) is 0 Å². The summed E-state index contributed by atoms with van der Waals surface area (Å²) in [6, 6.07) is -0.0504. The maximum Gasteiger partial charge on any atom is 0.323 e. The number of nitrogens with zero attached hydrogens (tertiary/aromatic N) is 6. The van der Waals surface area contributed by atoms with Gasteiger partial charge in [-0.3, -0.25) is 9.98 Å². The fraction of sp³-hybridized carbons (Fsp3) is 0.714. The van der Waals surface area contributed by atoms with Crippen LogP contribution in [0.5, 0.6) is 0 Å². The average molecular weight is 364 g/mol. The zero-order chi connectivity index (χ0) is 18.6. The summed E-state index contributed by atoms with van der Waals surface area (Å²) in [5.41, 5.74) is 0. The smallest absolute Gasteiger partial charge is 0.323 e. The van der Waals surface area contributed by atoms with E-state index in [1.165, 1.54) is 0 Å². The second kappa shape index (κ2) is 5.81. The molecule has 4 atom stereocenters. The Morgan fingerprint density at radius 1 is 0.654 bits per heavy atom. The van der Waals surface area contributed by atoms with Crippen molar-refractivity contribution >= 4 is 24.0 Å². The first kappa shape index (κ1) is 16.5. The van der Waals surface area contributed by atoms with Gasteiger partial charge in [-0.1, -0.05) is 0 Å². The summed E-state index contributed by atoms with van der Waals surface area (Å²) in [6.07, 6.45) is -0.449. The molecule has 4 fully saturated rings. The average Bonchev–Trinajstić information content (AvgIpc) is 3.33. The SMILES string of the molecule is CN1C(=O)N(C)C2NC(=NCCN=C3NC4C(N3)N(C)C(=O)N4C)NC21. The largest absolute Gasteiger partial charge is 0.333 e. The van der Waals surface area contributed by atoms with Gasteiger partial charge >= 0.3 is 12.1 Å². The molecule has 0 aromatic rings. The molecule has 4 rings (SSSR count). The summed E-state index contributed by atoms with van der Waals surface area (Å²) >= 11 is 0. The normalized spacial score (nSPS) is 32.3. The van der Waals surface area contributed by atoms with Crippen molar-refractivity contribution < 1.29 is 9.59 Å². The summed E-state index contributed by atoms with van der Waals surface area (Å²) in [5.74, 6) is 1.33. The molecule has 4 amide bonds. The second-order valence-corrected chi connectivity index (χ2v) is 6.83. The Balaban J connectivity index is 1.29. The fourth-order valence-electron chi connectivity index (χ4n) is 3.67. The van der Waals surface area contributed by atoms with Gasteiger partial charge in [0.05, 0.1) is 13.1 Å². The monoisotopic (exact) mass is 364 g/mol. The van der Waals surface area contributed by atoms with Gasteiger partial charge in [0, 0.05) is 28.2 Å². The van der Waals surface area contributed by atoms with Gasteiger partial charge in [0.15, 0.2) is 11.9 Å². The quantitative estimate of drug-likeness (QED) is 0.407. The highest BCUT2D eigenvalue weighted by Gasteiger charge is 2.47. The van der Waals surface area contributed by atoms with Crippen molar-refractivity contribution in [1.82, 2.24) is 40.9 Å². The number of nitrogens with one attached hydrogen (secondary N) is 4. The molecule has 4 unspecified atom stereocenters. The summed E-state index contributed by atoms with van der Waals surface area (Å²) in [5, 5.41) is 12.9. The Morgan fingerprint density at radius 3 is 1.19 bits per heavy atom. The van der Waals surface area contributed by atoms with Crippen LogP contribution in [-0.4, -0.2) is 110 Å². The van der Waals surface area contributed by atoms with Crippen LogP contribution in [0.25, 0.3) is 0 Å². The van der Waals surface area contributed by atoms with Crippen LogP contribution >= 0.6 is 0 Å². The van der Waals surface area contributed by atoms with Gasteiger partial charge in [-0.25, -0.2) is 9.59 Å². The van der Waals surface area contributed by atoms with Gasteiger partial charge in [-0.15, -0.1) is 0 Å². The van der Waals surface area contributed by atoms with Crippen LogP contribution in [0.15, 0.2) is 9.98 Å². The zero-order valence-corrected chi connectivity index (χ0v) is 15.2. The Hall–Kier alpha value is -2.92. The van der Waals surface area contributed by atoms with Crippen molar-refractivity contribution in [1.29, 1.82) is 0 Å². The molecule has 0 saturated carbocycles. The third kappa shape index (κ3) is 2.35. The van der Waals surface area contributed by atoms with E-state index in [9.17, 15) is 9.59 Å². The van der Waals surface area contributed by atoms with E-state index in [2.05, 4.69) is 31.3 Å². The van der Waals surface area contributed by atoms with Crippen LogP contribution in [0, 0.1) is 0 Å². The highest BCUT2D eigenvalue weighted by atomic mass is 16.2. The van der Waals surface area contributed by atoms with Crippen LogP contribution in [0.2, 0.25) is 0 Å². The first-order valence-electron chi connectivity index (χ1n) is 8.53. The van der Waals surface area contributed by atoms with Crippen molar-refractivity contribution in [2.45, 2.75) is 24.7 Å². The predicted molar refractivity (Wildman–Crippen MR) is 94.1 cm³/mol. The molecule has 4 aliphatic rings. The van der Waals surface area contributed by atoms with E-state index >= 15 is 0 Å². The van der Waals surface area contributed by atoms with Crippen molar-refractivity contribution in [3.8, 4) is 0 Å². The molecular weight excluding hydrogens is 340 g/mol. The summed E-state index contributed by atoms with van der Waals surface area (Å²) in [7, 11) is 7.06. The molecule has 0 aromatic carbocycles.